The summed E-state index contributed by atoms with van der Waals surface area (Å²) in [5, 5.41) is 0. The van der Waals surface area contributed by atoms with Gasteiger partial charge in [0.2, 0.25) is 0 Å². The summed E-state index contributed by atoms with van der Waals surface area (Å²) in [5.41, 5.74) is 0. The Morgan fingerprint density at radius 1 is 0.824 bits per heavy atom. The standard InChI is InChI=1S/C13H28O3P/c1-4-6-8-10-12-15-17(3,14)16-13-11-9-7-5-2/h3-13H2,1-2H3. The first-order valence-electron chi connectivity index (χ1n) is 6.86. The lowest BCUT2D eigenvalue weighted by molar-refractivity contribution is 0.205. The fraction of sp³-hybridized carbons (Fsp3) is 0.923. The molecule has 0 saturated carbocycles. The van der Waals surface area contributed by atoms with Gasteiger partial charge < -0.3 is 9.05 Å². The Kier molecular flexibility index (Phi) is 11.4. The normalized spacial score (nSPS) is 11.9. The second-order valence-electron chi connectivity index (χ2n) is 4.40. The summed E-state index contributed by atoms with van der Waals surface area (Å²) < 4.78 is 22.1. The molecule has 0 unspecified atom stereocenters. The topological polar surface area (TPSA) is 35.5 Å². The highest BCUT2D eigenvalue weighted by Gasteiger charge is 2.16. The highest BCUT2D eigenvalue weighted by Crippen LogP contribution is 2.46. The molecule has 0 N–H and O–H groups in total. The van der Waals surface area contributed by atoms with E-state index in [1.165, 1.54) is 25.7 Å². The van der Waals surface area contributed by atoms with Gasteiger partial charge in [0.25, 0.3) is 0 Å². The largest absolute Gasteiger partial charge is 0.331 e. The molecule has 0 aromatic rings. The molecule has 0 saturated heterocycles. The van der Waals surface area contributed by atoms with E-state index in [2.05, 4.69) is 20.5 Å². The molecule has 0 rings (SSSR count). The van der Waals surface area contributed by atoms with Crippen molar-refractivity contribution in [1.29, 1.82) is 0 Å². The van der Waals surface area contributed by atoms with Gasteiger partial charge in [-0.2, -0.15) is 0 Å². The molecule has 103 valence electrons. The van der Waals surface area contributed by atoms with Crippen LogP contribution in [0.25, 0.3) is 0 Å². The monoisotopic (exact) mass is 263 g/mol. The molecule has 1 radical (unpaired) electrons. The minimum Gasteiger partial charge on any atom is -0.309 e. The fourth-order valence-corrected chi connectivity index (χ4v) is 2.39. The predicted molar refractivity (Wildman–Crippen MR) is 73.2 cm³/mol. The third-order valence-electron chi connectivity index (χ3n) is 2.57. The quantitative estimate of drug-likeness (QED) is 0.360. The molecule has 0 fully saturated rings. The first-order chi connectivity index (χ1) is 8.12. The van der Waals surface area contributed by atoms with Crippen molar-refractivity contribution in [1.82, 2.24) is 0 Å². The van der Waals surface area contributed by atoms with Crippen molar-refractivity contribution in [2.45, 2.75) is 65.2 Å². The van der Waals surface area contributed by atoms with Gasteiger partial charge in [-0.05, 0) is 12.8 Å². The first kappa shape index (κ1) is 17.2. The van der Waals surface area contributed by atoms with E-state index >= 15 is 0 Å². The Morgan fingerprint density at radius 2 is 1.24 bits per heavy atom. The molecule has 0 heterocycles. The van der Waals surface area contributed by atoms with Crippen LogP contribution >= 0.6 is 7.60 Å². The van der Waals surface area contributed by atoms with Crippen LogP contribution in [-0.4, -0.2) is 13.2 Å². The molecule has 4 heteroatoms. The van der Waals surface area contributed by atoms with Crippen molar-refractivity contribution in [2.24, 2.45) is 0 Å². The first-order valence-corrected chi connectivity index (χ1v) is 8.58. The molecule has 0 aliphatic rings. The lowest BCUT2D eigenvalue weighted by Gasteiger charge is -2.13. The highest BCUT2D eigenvalue weighted by atomic mass is 31.2. The zero-order chi connectivity index (χ0) is 13.0. The molecular formula is C13H28O3P. The summed E-state index contributed by atoms with van der Waals surface area (Å²) in [7, 11) is -3.04. The van der Waals surface area contributed by atoms with Crippen LogP contribution in [0.15, 0.2) is 0 Å². The van der Waals surface area contributed by atoms with E-state index in [-0.39, 0.29) is 0 Å². The summed E-state index contributed by atoms with van der Waals surface area (Å²) in [6.45, 7) is 8.83. The van der Waals surface area contributed by atoms with Crippen molar-refractivity contribution < 1.29 is 13.6 Å². The van der Waals surface area contributed by atoms with Crippen LogP contribution in [0.1, 0.15) is 65.2 Å². The van der Waals surface area contributed by atoms with Gasteiger partial charge in [-0.15, -0.1) is 0 Å². The molecule has 3 nitrogen and oxygen atoms in total. The third kappa shape index (κ3) is 12.4. The maximum absolute atomic E-state index is 11.7. The Balaban J connectivity index is 3.42. The number of rotatable bonds is 12. The van der Waals surface area contributed by atoms with Crippen molar-refractivity contribution in [3.8, 4) is 0 Å². The Labute approximate surface area is 107 Å². The number of hydrogen-bond acceptors (Lipinski definition) is 3. The molecule has 0 amide bonds. The Bertz CT molecular complexity index is 189. The van der Waals surface area contributed by atoms with Gasteiger partial charge in [-0.3, -0.25) is 4.57 Å². The van der Waals surface area contributed by atoms with E-state index in [4.69, 9.17) is 9.05 Å². The summed E-state index contributed by atoms with van der Waals surface area (Å²) in [6.07, 6.45) is 8.89. The van der Waals surface area contributed by atoms with Crippen LogP contribution in [0.2, 0.25) is 0 Å². The van der Waals surface area contributed by atoms with Gasteiger partial charge in [0.1, 0.15) is 0 Å². The van der Waals surface area contributed by atoms with Gasteiger partial charge >= 0.3 is 7.60 Å². The van der Waals surface area contributed by atoms with Gasteiger partial charge in [0.15, 0.2) is 0 Å². The molecule has 0 aromatic carbocycles. The third-order valence-corrected chi connectivity index (χ3v) is 3.72. The van der Waals surface area contributed by atoms with Crippen molar-refractivity contribution in [3.63, 3.8) is 0 Å². The molecular weight excluding hydrogens is 235 g/mol. The fourth-order valence-electron chi connectivity index (χ4n) is 1.50. The predicted octanol–water partition coefficient (Wildman–Crippen LogP) is 5.16. The Morgan fingerprint density at radius 3 is 1.59 bits per heavy atom. The van der Waals surface area contributed by atoms with Gasteiger partial charge in [-0.1, -0.05) is 52.4 Å². The van der Waals surface area contributed by atoms with Crippen molar-refractivity contribution >= 4 is 7.60 Å². The molecule has 0 atom stereocenters. The average Bonchev–Trinajstić information content (AvgIpc) is 2.28. The lowest BCUT2D eigenvalue weighted by Crippen LogP contribution is -1.97. The average molecular weight is 263 g/mol. The summed E-state index contributed by atoms with van der Waals surface area (Å²) in [6, 6.07) is 0. The second-order valence-corrected chi connectivity index (χ2v) is 6.14. The lowest BCUT2D eigenvalue weighted by atomic mass is 10.2. The van der Waals surface area contributed by atoms with Crippen LogP contribution in [0.3, 0.4) is 0 Å². The maximum atomic E-state index is 11.7. The molecule has 0 aliphatic carbocycles. The maximum Gasteiger partial charge on any atom is 0.331 e. The van der Waals surface area contributed by atoms with E-state index in [0.717, 1.165) is 25.7 Å². The minimum absolute atomic E-state index is 0.496. The van der Waals surface area contributed by atoms with Crippen LogP contribution in [0.5, 0.6) is 0 Å². The molecule has 0 aliphatic heterocycles. The van der Waals surface area contributed by atoms with Gasteiger partial charge in [0, 0.05) is 0 Å². The van der Waals surface area contributed by atoms with Crippen LogP contribution in [-0.2, 0) is 13.6 Å². The summed E-state index contributed by atoms with van der Waals surface area (Å²) in [5.74, 6) is 0. The molecule has 0 spiro atoms. The van der Waals surface area contributed by atoms with Crippen LogP contribution < -0.4 is 0 Å². The number of unbranched alkanes of at least 4 members (excludes halogenated alkanes) is 6. The van der Waals surface area contributed by atoms with Gasteiger partial charge in [-0.25, -0.2) is 0 Å². The van der Waals surface area contributed by atoms with E-state index in [1.807, 2.05) is 0 Å². The second kappa shape index (κ2) is 11.3. The van der Waals surface area contributed by atoms with Crippen LogP contribution in [0, 0.1) is 6.66 Å². The van der Waals surface area contributed by atoms with E-state index in [0.29, 0.717) is 13.2 Å². The smallest absolute Gasteiger partial charge is 0.309 e. The van der Waals surface area contributed by atoms with Crippen molar-refractivity contribution in [3.05, 3.63) is 6.66 Å². The van der Waals surface area contributed by atoms with Gasteiger partial charge in [0.05, 0.1) is 19.9 Å². The van der Waals surface area contributed by atoms with E-state index < -0.39 is 7.60 Å². The highest BCUT2D eigenvalue weighted by molar-refractivity contribution is 7.55. The Hall–Kier alpha value is 0.150. The van der Waals surface area contributed by atoms with E-state index in [1.54, 1.807) is 0 Å². The molecule has 0 aromatic heterocycles. The number of hydrogen-bond donors (Lipinski definition) is 0. The van der Waals surface area contributed by atoms with Crippen LogP contribution in [0.4, 0.5) is 0 Å². The minimum atomic E-state index is -3.04. The zero-order valence-corrected chi connectivity index (χ0v) is 12.3. The zero-order valence-electron chi connectivity index (χ0n) is 11.5. The summed E-state index contributed by atoms with van der Waals surface area (Å²) >= 11 is 0. The molecule has 0 bridgehead atoms. The SMILES string of the molecule is [CH2]P(=O)(OCCCCCC)OCCCCCC. The van der Waals surface area contributed by atoms with Crippen molar-refractivity contribution in [2.75, 3.05) is 13.2 Å². The summed E-state index contributed by atoms with van der Waals surface area (Å²) in [4.78, 5) is 0. The molecule has 17 heavy (non-hydrogen) atoms. The van der Waals surface area contributed by atoms with E-state index in [9.17, 15) is 4.57 Å².